The number of fused-ring (bicyclic) bond motifs is 13. The lowest BCUT2D eigenvalue weighted by molar-refractivity contribution is 0.665. The van der Waals surface area contributed by atoms with Gasteiger partial charge in [-0.2, -0.15) is 0 Å². The van der Waals surface area contributed by atoms with Crippen molar-refractivity contribution >= 4 is 87.9 Å². The molecule has 0 saturated carbocycles. The van der Waals surface area contributed by atoms with Crippen molar-refractivity contribution in [3.05, 3.63) is 182 Å². The van der Waals surface area contributed by atoms with Gasteiger partial charge in [-0.15, -0.1) is 0 Å². The van der Waals surface area contributed by atoms with Crippen molar-refractivity contribution in [2.24, 2.45) is 0 Å². The second-order valence-electron chi connectivity index (χ2n) is 14.4. The van der Waals surface area contributed by atoms with E-state index in [1.165, 1.54) is 0 Å². The van der Waals surface area contributed by atoms with E-state index in [2.05, 4.69) is 89.5 Å². The molecule has 266 valence electrons. The molecule has 5 nitrogen and oxygen atoms in total. The molecule has 0 bridgehead atoms. The Labute approximate surface area is 331 Å². The molecule has 57 heavy (non-hydrogen) atoms. The molecule has 0 fully saturated rings. The van der Waals surface area contributed by atoms with Crippen molar-refractivity contribution in [1.29, 1.82) is 0 Å². The van der Waals surface area contributed by atoms with Crippen LogP contribution >= 0.6 is 0 Å². The second-order valence-corrected chi connectivity index (χ2v) is 14.4. The van der Waals surface area contributed by atoms with E-state index in [-0.39, 0.29) is 17.8 Å². The molecule has 5 heterocycles. The van der Waals surface area contributed by atoms with E-state index in [0.717, 1.165) is 88.0 Å². The van der Waals surface area contributed by atoms with Crippen LogP contribution in [-0.4, -0.2) is 9.13 Å². The van der Waals surface area contributed by atoms with Crippen molar-refractivity contribution in [2.45, 2.75) is 0 Å². The van der Waals surface area contributed by atoms with Crippen LogP contribution in [0.1, 0.15) is 6.85 Å². The first-order chi connectivity index (χ1) is 30.4. The summed E-state index contributed by atoms with van der Waals surface area (Å²) >= 11 is 0. The van der Waals surface area contributed by atoms with E-state index >= 15 is 0 Å². The van der Waals surface area contributed by atoms with E-state index in [9.17, 15) is 0 Å². The number of rotatable bonds is 4. The van der Waals surface area contributed by atoms with Gasteiger partial charge < -0.3 is 22.4 Å². The summed E-state index contributed by atoms with van der Waals surface area (Å²) in [4.78, 5) is 0. The van der Waals surface area contributed by atoms with Gasteiger partial charge >= 0.3 is 0 Å². The van der Waals surface area contributed by atoms with Gasteiger partial charge in [0, 0.05) is 65.9 Å². The van der Waals surface area contributed by atoms with Gasteiger partial charge in [-0.05, 0) is 60.6 Å². The number of hydrogen-bond donors (Lipinski definition) is 0. The summed E-state index contributed by atoms with van der Waals surface area (Å²) in [6.45, 7) is 0. The zero-order valence-corrected chi connectivity index (χ0v) is 30.1. The van der Waals surface area contributed by atoms with Gasteiger partial charge in [0.2, 0.25) is 0 Å². The molecule has 0 unspecified atom stereocenters. The van der Waals surface area contributed by atoms with Gasteiger partial charge in [-0.3, -0.25) is 0 Å². The summed E-state index contributed by atoms with van der Waals surface area (Å²) in [6, 6.07) is 49.0. The summed E-state index contributed by atoms with van der Waals surface area (Å²) in [5.41, 5.74) is 12.1. The molecule has 0 atom stereocenters. The predicted octanol–water partition coefficient (Wildman–Crippen LogP) is 14.6. The molecule has 5 aromatic heterocycles. The molecule has 0 aliphatic heterocycles. The average Bonchev–Trinajstić information content (AvgIpc) is 4.12. The van der Waals surface area contributed by atoms with Gasteiger partial charge in [-0.1, -0.05) is 121 Å². The van der Waals surface area contributed by atoms with Crippen LogP contribution in [0.5, 0.6) is 0 Å². The van der Waals surface area contributed by atoms with Crippen molar-refractivity contribution in [2.75, 3.05) is 0 Å². The third kappa shape index (κ3) is 4.12. The topological polar surface area (TPSA) is 49.3 Å². The molecule has 13 rings (SSSR count). The molecule has 0 aliphatic rings. The Morgan fingerprint density at radius 1 is 0.316 bits per heavy atom. The molecule has 0 saturated heterocycles. The van der Waals surface area contributed by atoms with Crippen LogP contribution < -0.4 is 0 Å². The maximum atomic E-state index is 8.92. The molecule has 5 heteroatoms. The van der Waals surface area contributed by atoms with E-state index in [1.807, 2.05) is 66.7 Å². The fraction of sp³-hybridized carbons (Fsp3) is 0. The average molecular weight is 736 g/mol. The normalized spacial score (nSPS) is 13.4. The van der Waals surface area contributed by atoms with Crippen molar-refractivity contribution in [3.8, 4) is 33.6 Å². The number of nitrogens with zero attached hydrogens (tertiary/aromatic N) is 2. The minimum absolute atomic E-state index is 0.0657. The molecule has 13 aromatic rings. The molecule has 0 radical (unpaired) electrons. The summed E-state index contributed by atoms with van der Waals surface area (Å²) in [5, 5.41) is 5.44. The zero-order valence-electron chi connectivity index (χ0n) is 35.1. The van der Waals surface area contributed by atoms with Crippen LogP contribution in [0.4, 0.5) is 0 Å². The first kappa shape index (κ1) is 26.1. The monoisotopic (exact) mass is 735 g/mol. The summed E-state index contributed by atoms with van der Waals surface area (Å²) < 4.78 is 67.9. The third-order valence-corrected chi connectivity index (χ3v) is 11.4. The van der Waals surface area contributed by atoms with Crippen LogP contribution in [-0.2, 0) is 0 Å². The standard InChI is InChI=1S/C52H30N2O3/c1-3-15-31(16-4-1)53-43-29-9-7-19-39(43)51-45(53)41-27-13-25-37(49(41)56-51)35-23-11-21-33-34-22-12-24-36(48(34)55-47(33)35)38-26-14-28-42-46-52(57-50(38)42)40-20-8-10-30-44(40)54(46)32-17-5-2-6-18-32/h1-30H/i1D,3D,4D,15D,16D. The first-order valence-electron chi connectivity index (χ1n) is 21.4. The Balaban J connectivity index is 1.05. The van der Waals surface area contributed by atoms with E-state index < -0.39 is 18.1 Å². The largest absolute Gasteiger partial charge is 0.455 e. The molecule has 0 N–H and O–H groups in total. The number of furan rings is 3. The highest BCUT2D eigenvalue weighted by atomic mass is 16.3. The number of para-hydroxylation sites is 8. The fourth-order valence-corrected chi connectivity index (χ4v) is 9.08. The van der Waals surface area contributed by atoms with Crippen LogP contribution in [0.15, 0.2) is 195 Å². The van der Waals surface area contributed by atoms with E-state index in [4.69, 9.17) is 20.1 Å². The van der Waals surface area contributed by atoms with E-state index in [0.29, 0.717) is 27.8 Å². The van der Waals surface area contributed by atoms with Gasteiger partial charge in [0.1, 0.15) is 33.4 Å². The number of benzene rings is 8. The highest BCUT2D eigenvalue weighted by molar-refractivity contribution is 6.22. The Kier molecular flexibility index (Phi) is 5.22. The molecular weight excluding hydrogens is 701 g/mol. The van der Waals surface area contributed by atoms with Crippen LogP contribution in [0, 0.1) is 0 Å². The minimum atomic E-state index is -0.442. The fourth-order valence-electron chi connectivity index (χ4n) is 9.08. The Morgan fingerprint density at radius 3 is 1.21 bits per heavy atom. The smallest absolute Gasteiger partial charge is 0.161 e. The lowest BCUT2D eigenvalue weighted by atomic mass is 9.98. The molecule has 0 aliphatic carbocycles. The Hall–Kier alpha value is -7.76. The van der Waals surface area contributed by atoms with E-state index in [1.54, 1.807) is 4.57 Å². The predicted molar refractivity (Wildman–Crippen MR) is 233 cm³/mol. The van der Waals surface area contributed by atoms with Gasteiger partial charge in [0.05, 0.1) is 17.9 Å². The SMILES string of the molecule is [2H]c1c([2H])c([2H])c(-n2c3ccccc3c3oc4c(-c5cccc6c5oc5c(-c7cccc8c7oc7c9ccccc9n(-c9ccccc9)c87)cccc56)cccc4c32)c([2H])c1[2H]. The van der Waals surface area contributed by atoms with Crippen molar-refractivity contribution in [1.82, 2.24) is 9.13 Å². The molecule has 0 amide bonds. The van der Waals surface area contributed by atoms with Crippen molar-refractivity contribution < 1.29 is 20.1 Å². The number of hydrogen-bond acceptors (Lipinski definition) is 3. The number of aromatic nitrogens is 2. The summed E-state index contributed by atoms with van der Waals surface area (Å²) in [6.07, 6.45) is 0. The van der Waals surface area contributed by atoms with Gasteiger partial charge in [0.15, 0.2) is 11.2 Å². The van der Waals surface area contributed by atoms with Gasteiger partial charge in [0.25, 0.3) is 0 Å². The Bertz CT molecular complexity index is 4030. The van der Waals surface area contributed by atoms with Gasteiger partial charge in [-0.25, -0.2) is 0 Å². The summed E-state index contributed by atoms with van der Waals surface area (Å²) in [5.74, 6) is 0. The third-order valence-electron chi connectivity index (χ3n) is 11.4. The molecule has 8 aromatic carbocycles. The minimum Gasteiger partial charge on any atom is -0.455 e. The first-order valence-corrected chi connectivity index (χ1v) is 18.9. The highest BCUT2D eigenvalue weighted by Gasteiger charge is 2.25. The lowest BCUT2D eigenvalue weighted by Gasteiger charge is -2.08. The van der Waals surface area contributed by atoms with Crippen molar-refractivity contribution in [3.63, 3.8) is 0 Å². The highest BCUT2D eigenvalue weighted by Crippen LogP contribution is 2.47. The maximum absolute atomic E-state index is 8.92. The van der Waals surface area contributed by atoms with Crippen LogP contribution in [0.25, 0.3) is 122 Å². The maximum Gasteiger partial charge on any atom is 0.161 e. The second kappa shape index (κ2) is 11.4. The zero-order chi connectivity index (χ0) is 41.5. The molecule has 0 spiro atoms. The van der Waals surface area contributed by atoms with Crippen LogP contribution in [0.3, 0.4) is 0 Å². The van der Waals surface area contributed by atoms with Crippen LogP contribution in [0.2, 0.25) is 0 Å². The quantitative estimate of drug-likeness (QED) is 0.181. The Morgan fingerprint density at radius 2 is 0.702 bits per heavy atom. The summed E-state index contributed by atoms with van der Waals surface area (Å²) in [7, 11) is 0. The molecular formula is C52H30N2O3. The lowest BCUT2D eigenvalue weighted by Crippen LogP contribution is -1.92.